The summed E-state index contributed by atoms with van der Waals surface area (Å²) in [5, 5.41) is 5.84. The number of rotatable bonds is 8. The van der Waals surface area contributed by atoms with E-state index in [0.717, 1.165) is 29.3 Å². The zero-order valence-electron chi connectivity index (χ0n) is 19.6. The molecule has 0 atom stereocenters. The Morgan fingerprint density at radius 1 is 0.944 bits per heavy atom. The SMILES string of the molecule is CCOc1cc(/C=N/NC(=O)C(=O)Nc2cccc(C(F)(F)F)c2)ccc1OCc1ccccc1C. The van der Waals surface area contributed by atoms with E-state index in [1.54, 1.807) is 18.2 Å². The van der Waals surface area contributed by atoms with Crippen molar-refractivity contribution in [3.05, 3.63) is 89.0 Å². The van der Waals surface area contributed by atoms with Gasteiger partial charge in [0.05, 0.1) is 18.4 Å². The lowest BCUT2D eigenvalue weighted by molar-refractivity contribution is -0.137. The molecular formula is C26H24F3N3O4. The smallest absolute Gasteiger partial charge is 0.416 e. The summed E-state index contributed by atoms with van der Waals surface area (Å²) in [5.41, 5.74) is 3.62. The van der Waals surface area contributed by atoms with Crippen LogP contribution in [0.25, 0.3) is 0 Å². The van der Waals surface area contributed by atoms with Crippen LogP contribution < -0.4 is 20.2 Å². The Morgan fingerprint density at radius 3 is 2.44 bits per heavy atom. The number of amides is 2. The van der Waals surface area contributed by atoms with Gasteiger partial charge in [0.15, 0.2) is 11.5 Å². The summed E-state index contributed by atoms with van der Waals surface area (Å²) in [5.74, 6) is -1.31. The Bertz CT molecular complexity index is 1260. The number of hydrogen-bond donors (Lipinski definition) is 2. The van der Waals surface area contributed by atoms with Gasteiger partial charge in [-0.25, -0.2) is 5.43 Å². The van der Waals surface area contributed by atoms with Gasteiger partial charge in [0, 0.05) is 5.69 Å². The fraction of sp³-hybridized carbons (Fsp3) is 0.192. The van der Waals surface area contributed by atoms with Gasteiger partial charge in [0.1, 0.15) is 6.61 Å². The molecule has 36 heavy (non-hydrogen) atoms. The van der Waals surface area contributed by atoms with E-state index in [1.165, 1.54) is 12.3 Å². The zero-order chi connectivity index (χ0) is 26.1. The van der Waals surface area contributed by atoms with Crippen molar-refractivity contribution < 1.29 is 32.2 Å². The fourth-order valence-electron chi connectivity index (χ4n) is 3.10. The summed E-state index contributed by atoms with van der Waals surface area (Å²) in [7, 11) is 0. The highest BCUT2D eigenvalue weighted by Crippen LogP contribution is 2.31. The number of nitrogens with zero attached hydrogens (tertiary/aromatic N) is 1. The molecule has 0 fully saturated rings. The van der Waals surface area contributed by atoms with Crippen molar-refractivity contribution in [2.24, 2.45) is 5.10 Å². The van der Waals surface area contributed by atoms with Crippen LogP contribution in [-0.2, 0) is 22.4 Å². The molecule has 0 bridgehead atoms. The summed E-state index contributed by atoms with van der Waals surface area (Å²) in [6, 6.07) is 16.9. The van der Waals surface area contributed by atoms with E-state index < -0.39 is 23.6 Å². The molecule has 0 saturated heterocycles. The molecular weight excluding hydrogens is 475 g/mol. The summed E-state index contributed by atoms with van der Waals surface area (Å²) in [4.78, 5) is 24.0. The van der Waals surface area contributed by atoms with Gasteiger partial charge in [0.2, 0.25) is 0 Å². The molecule has 0 aromatic heterocycles. The molecule has 3 aromatic rings. The predicted molar refractivity (Wildman–Crippen MR) is 129 cm³/mol. The van der Waals surface area contributed by atoms with Gasteiger partial charge in [0.25, 0.3) is 0 Å². The van der Waals surface area contributed by atoms with Gasteiger partial charge in [-0.3, -0.25) is 9.59 Å². The third kappa shape index (κ3) is 7.33. The fourth-order valence-corrected chi connectivity index (χ4v) is 3.10. The van der Waals surface area contributed by atoms with Gasteiger partial charge in [-0.2, -0.15) is 18.3 Å². The molecule has 3 rings (SSSR count). The topological polar surface area (TPSA) is 89.0 Å². The minimum absolute atomic E-state index is 0.170. The maximum absolute atomic E-state index is 12.8. The third-order valence-corrected chi connectivity index (χ3v) is 4.95. The van der Waals surface area contributed by atoms with E-state index in [2.05, 4.69) is 10.4 Å². The summed E-state index contributed by atoms with van der Waals surface area (Å²) >= 11 is 0. The van der Waals surface area contributed by atoms with Gasteiger partial charge in [-0.15, -0.1) is 0 Å². The Hall–Kier alpha value is -4.34. The second kappa shape index (κ2) is 11.9. The predicted octanol–water partition coefficient (Wildman–Crippen LogP) is 5.08. The first-order valence-electron chi connectivity index (χ1n) is 10.9. The van der Waals surface area contributed by atoms with Crippen molar-refractivity contribution in [2.45, 2.75) is 26.6 Å². The van der Waals surface area contributed by atoms with Crippen molar-refractivity contribution in [2.75, 3.05) is 11.9 Å². The van der Waals surface area contributed by atoms with Gasteiger partial charge in [-0.1, -0.05) is 30.3 Å². The van der Waals surface area contributed by atoms with Crippen molar-refractivity contribution in [1.82, 2.24) is 5.43 Å². The van der Waals surface area contributed by atoms with Crippen LogP contribution in [0.1, 0.15) is 29.2 Å². The van der Waals surface area contributed by atoms with Crippen molar-refractivity contribution in [3.8, 4) is 11.5 Å². The largest absolute Gasteiger partial charge is 0.490 e. The van der Waals surface area contributed by atoms with Crippen LogP contribution in [0.4, 0.5) is 18.9 Å². The molecule has 0 spiro atoms. The van der Waals surface area contributed by atoms with Crippen LogP contribution in [0.5, 0.6) is 11.5 Å². The Labute approximate surface area is 205 Å². The van der Waals surface area contributed by atoms with Crippen molar-refractivity contribution in [3.63, 3.8) is 0 Å². The zero-order valence-corrected chi connectivity index (χ0v) is 19.6. The molecule has 0 radical (unpaired) electrons. The van der Waals surface area contributed by atoms with Crippen LogP contribution in [0, 0.1) is 6.92 Å². The van der Waals surface area contributed by atoms with Gasteiger partial charge in [-0.05, 0) is 66.9 Å². The van der Waals surface area contributed by atoms with Crippen molar-refractivity contribution in [1.29, 1.82) is 0 Å². The monoisotopic (exact) mass is 499 g/mol. The van der Waals surface area contributed by atoms with Crippen LogP contribution >= 0.6 is 0 Å². The molecule has 2 N–H and O–H groups in total. The quantitative estimate of drug-likeness (QED) is 0.257. The molecule has 2 amide bonds. The van der Waals surface area contributed by atoms with E-state index >= 15 is 0 Å². The lowest BCUT2D eigenvalue weighted by Gasteiger charge is -2.13. The maximum Gasteiger partial charge on any atom is 0.416 e. The Kier molecular flexibility index (Phi) is 8.66. The highest BCUT2D eigenvalue weighted by atomic mass is 19.4. The van der Waals surface area contributed by atoms with Crippen LogP contribution in [0.3, 0.4) is 0 Å². The van der Waals surface area contributed by atoms with Crippen LogP contribution in [0.2, 0.25) is 0 Å². The van der Waals surface area contributed by atoms with Crippen LogP contribution in [-0.4, -0.2) is 24.6 Å². The average molecular weight is 499 g/mol. The second-order valence-corrected chi connectivity index (χ2v) is 7.59. The van der Waals surface area contributed by atoms with Crippen LogP contribution in [0.15, 0.2) is 71.8 Å². The lowest BCUT2D eigenvalue weighted by atomic mass is 10.1. The molecule has 3 aromatic carbocycles. The van der Waals surface area contributed by atoms with E-state index in [9.17, 15) is 22.8 Å². The third-order valence-electron chi connectivity index (χ3n) is 4.95. The molecule has 0 aliphatic rings. The number of halogens is 3. The molecule has 0 aliphatic heterocycles. The minimum atomic E-state index is -4.57. The number of ether oxygens (including phenoxy) is 2. The summed E-state index contributed by atoms with van der Waals surface area (Å²) in [6.07, 6.45) is -3.28. The molecule has 0 heterocycles. The normalized spacial score (nSPS) is 11.2. The maximum atomic E-state index is 12.8. The number of anilines is 1. The number of nitrogens with one attached hydrogen (secondary N) is 2. The van der Waals surface area contributed by atoms with Crippen molar-refractivity contribution >= 4 is 23.7 Å². The number of hydrogen-bond acceptors (Lipinski definition) is 5. The molecule has 188 valence electrons. The number of benzene rings is 3. The minimum Gasteiger partial charge on any atom is -0.490 e. The standard InChI is InChI=1S/C26H24F3N3O4/c1-3-35-23-13-18(11-12-22(23)36-16-19-8-5-4-7-17(19)2)15-30-32-25(34)24(33)31-21-10-6-9-20(14-21)26(27,28)29/h4-15H,3,16H2,1-2H3,(H,31,33)(H,32,34)/b30-15+. The molecule has 7 nitrogen and oxygen atoms in total. The van der Waals surface area contributed by atoms with E-state index in [-0.39, 0.29) is 5.69 Å². The van der Waals surface area contributed by atoms with E-state index in [1.807, 2.05) is 43.5 Å². The first-order chi connectivity index (χ1) is 17.2. The molecule has 0 unspecified atom stereocenters. The second-order valence-electron chi connectivity index (χ2n) is 7.59. The van der Waals surface area contributed by atoms with Gasteiger partial charge < -0.3 is 14.8 Å². The highest BCUT2D eigenvalue weighted by Gasteiger charge is 2.30. The first kappa shape index (κ1) is 26.3. The molecule has 0 aliphatic carbocycles. The summed E-state index contributed by atoms with van der Waals surface area (Å²) in [6.45, 7) is 4.58. The number of carbonyl (C=O) groups excluding carboxylic acids is 2. The molecule has 0 saturated carbocycles. The molecule has 10 heteroatoms. The number of alkyl halides is 3. The average Bonchev–Trinajstić information content (AvgIpc) is 2.84. The Balaban J connectivity index is 1.60. The number of carbonyl (C=O) groups is 2. The van der Waals surface area contributed by atoms with E-state index in [4.69, 9.17) is 9.47 Å². The Morgan fingerprint density at radius 2 is 1.72 bits per heavy atom. The van der Waals surface area contributed by atoms with Gasteiger partial charge >= 0.3 is 18.0 Å². The summed E-state index contributed by atoms with van der Waals surface area (Å²) < 4.78 is 50.0. The number of aryl methyl sites for hydroxylation is 1. The highest BCUT2D eigenvalue weighted by molar-refractivity contribution is 6.39. The number of hydrazone groups is 1. The lowest BCUT2D eigenvalue weighted by Crippen LogP contribution is -2.32. The van der Waals surface area contributed by atoms with E-state index in [0.29, 0.717) is 30.3 Å². The first-order valence-corrected chi connectivity index (χ1v) is 10.9.